The lowest BCUT2D eigenvalue weighted by Crippen LogP contribution is -2.14. The van der Waals surface area contributed by atoms with E-state index in [0.717, 1.165) is 0 Å². The fourth-order valence-corrected chi connectivity index (χ4v) is 7.57. The number of rotatable bonds is 1. The Kier molecular flexibility index (Phi) is 2.97. The van der Waals surface area contributed by atoms with Crippen LogP contribution in [0.1, 0.15) is 5.56 Å². The van der Waals surface area contributed by atoms with Crippen molar-refractivity contribution in [2.45, 2.75) is 0 Å². The molecule has 84 valence electrons. The van der Waals surface area contributed by atoms with Crippen LogP contribution in [0.2, 0.25) is 0 Å². The van der Waals surface area contributed by atoms with Crippen LogP contribution in [-0.2, 0) is 11.8 Å². The van der Waals surface area contributed by atoms with Gasteiger partial charge in [-0.2, -0.15) is 0 Å². The van der Waals surface area contributed by atoms with Gasteiger partial charge in [-0.1, -0.05) is 66.4 Å². The van der Waals surface area contributed by atoms with Crippen molar-refractivity contribution in [1.82, 2.24) is 0 Å². The van der Waals surface area contributed by atoms with E-state index < -0.39 is 6.04 Å². The average Bonchev–Trinajstić information content (AvgIpc) is 2.64. The first-order valence-electron chi connectivity index (χ1n) is 5.36. The highest BCUT2D eigenvalue weighted by atomic mass is 127. The van der Waals surface area contributed by atoms with E-state index in [1.165, 1.54) is 19.5 Å². The maximum Gasteiger partial charge on any atom is 0.0444 e. The number of hydrogen-bond acceptors (Lipinski definition) is 1. The minimum Gasteiger partial charge on any atom is -0.0821 e. The Hall–Kier alpha value is -0.440. The predicted octanol–water partition coefficient (Wildman–Crippen LogP) is 3.86. The van der Waals surface area contributed by atoms with Crippen LogP contribution in [0.25, 0.3) is 6.08 Å². The van der Waals surface area contributed by atoms with Crippen LogP contribution in [0, 0.1) is 0 Å². The first-order chi connectivity index (χ1) is 8.23. The first kappa shape index (κ1) is 11.6. The van der Waals surface area contributed by atoms with Gasteiger partial charge in [0.15, 0.2) is 0 Å². The molecule has 0 saturated carbocycles. The highest BCUT2D eigenvalue weighted by Crippen LogP contribution is 2.60. The molecule has 0 N–H and O–H groups in total. The van der Waals surface area contributed by atoms with Gasteiger partial charge in [0.2, 0.25) is 0 Å². The van der Waals surface area contributed by atoms with E-state index in [0.29, 0.717) is 0 Å². The highest BCUT2D eigenvalue weighted by Gasteiger charge is 2.31. The standard InChI is InChI=1S/C14H10IPS/c15-14-10-11-6-4-5-9-13(11)16(14,17)12-7-2-1-3-8-12/h1-10H. The first-order valence-corrected chi connectivity index (χ1v) is 9.24. The molecule has 0 amide bonds. The van der Waals surface area contributed by atoms with Gasteiger partial charge in [0, 0.05) is 14.7 Å². The summed E-state index contributed by atoms with van der Waals surface area (Å²) in [5, 5.41) is 2.63. The predicted molar refractivity (Wildman–Crippen MR) is 88.4 cm³/mol. The van der Waals surface area contributed by atoms with E-state index in [4.69, 9.17) is 11.8 Å². The summed E-state index contributed by atoms with van der Waals surface area (Å²) in [6, 6.07) is 17.3. The zero-order valence-electron chi connectivity index (χ0n) is 9.01. The Morgan fingerprint density at radius 3 is 2.29 bits per heavy atom. The van der Waals surface area contributed by atoms with Crippen molar-refractivity contribution in [2.75, 3.05) is 0 Å². The third kappa shape index (κ3) is 1.74. The molecule has 2 aromatic carbocycles. The second-order valence-electron chi connectivity index (χ2n) is 3.97. The Bertz CT molecular complexity index is 646. The number of hydrogen-bond donors (Lipinski definition) is 0. The van der Waals surface area contributed by atoms with Gasteiger partial charge < -0.3 is 0 Å². The minimum atomic E-state index is -1.72. The number of benzene rings is 2. The number of halogens is 1. The van der Waals surface area contributed by atoms with Gasteiger partial charge in [-0.25, -0.2) is 0 Å². The summed E-state index contributed by atoms with van der Waals surface area (Å²) < 4.78 is 1.32. The smallest absolute Gasteiger partial charge is 0.0444 e. The van der Waals surface area contributed by atoms with Crippen LogP contribution < -0.4 is 10.6 Å². The summed E-state index contributed by atoms with van der Waals surface area (Å²) >= 11 is 8.46. The Morgan fingerprint density at radius 1 is 0.882 bits per heavy atom. The van der Waals surface area contributed by atoms with E-state index in [9.17, 15) is 0 Å². The molecule has 0 nitrogen and oxygen atoms in total. The molecular formula is C14H10IPS. The lowest BCUT2D eigenvalue weighted by Gasteiger charge is -2.19. The molecule has 1 heterocycles. The third-order valence-electron chi connectivity index (χ3n) is 2.97. The molecule has 0 aromatic heterocycles. The molecule has 0 bridgehead atoms. The minimum absolute atomic E-state index is 1.29. The van der Waals surface area contributed by atoms with Gasteiger partial charge >= 0.3 is 0 Å². The molecule has 0 aliphatic carbocycles. The highest BCUT2D eigenvalue weighted by molar-refractivity contribution is 14.1. The van der Waals surface area contributed by atoms with Crippen molar-refractivity contribution in [1.29, 1.82) is 0 Å². The second kappa shape index (κ2) is 4.34. The van der Waals surface area contributed by atoms with Crippen LogP contribution in [0.15, 0.2) is 57.9 Å². The fourth-order valence-electron chi connectivity index (χ4n) is 2.13. The van der Waals surface area contributed by atoms with Gasteiger partial charge in [-0.15, -0.1) is 0 Å². The molecule has 3 rings (SSSR count). The molecule has 1 atom stereocenters. The van der Waals surface area contributed by atoms with E-state index in [-0.39, 0.29) is 0 Å². The average molecular weight is 368 g/mol. The van der Waals surface area contributed by atoms with Crippen molar-refractivity contribution in [3.8, 4) is 0 Å². The van der Waals surface area contributed by atoms with Gasteiger partial charge in [0.25, 0.3) is 0 Å². The normalized spacial score (nSPS) is 22.1. The van der Waals surface area contributed by atoms with Crippen LogP contribution in [-0.4, -0.2) is 0 Å². The molecule has 1 unspecified atom stereocenters. The van der Waals surface area contributed by atoms with E-state index in [1.807, 2.05) is 6.07 Å². The Morgan fingerprint density at radius 2 is 1.53 bits per heavy atom. The largest absolute Gasteiger partial charge is 0.0821 e. The van der Waals surface area contributed by atoms with E-state index >= 15 is 0 Å². The lowest BCUT2D eigenvalue weighted by atomic mass is 10.2. The zero-order chi connectivity index (χ0) is 11.9. The molecule has 0 radical (unpaired) electrons. The van der Waals surface area contributed by atoms with Crippen molar-refractivity contribution in [3.05, 3.63) is 63.5 Å². The monoisotopic (exact) mass is 368 g/mol. The lowest BCUT2D eigenvalue weighted by molar-refractivity contribution is 1.73. The second-order valence-corrected chi connectivity index (χ2v) is 10.3. The molecular weight excluding hydrogens is 358 g/mol. The van der Waals surface area contributed by atoms with E-state index in [1.54, 1.807) is 0 Å². The van der Waals surface area contributed by atoms with Crippen LogP contribution in [0.5, 0.6) is 0 Å². The summed E-state index contributed by atoms with van der Waals surface area (Å²) in [7, 11) is 0. The summed E-state index contributed by atoms with van der Waals surface area (Å²) in [5.74, 6) is 0. The van der Waals surface area contributed by atoms with Gasteiger partial charge in [-0.05, 0) is 39.5 Å². The summed E-state index contributed by atoms with van der Waals surface area (Å²) in [5.41, 5.74) is 1.30. The summed E-state index contributed by atoms with van der Waals surface area (Å²) in [6.45, 7) is 0. The maximum absolute atomic E-state index is 6.05. The molecule has 2 aromatic rings. The quantitative estimate of drug-likeness (QED) is 0.544. The zero-order valence-corrected chi connectivity index (χ0v) is 12.9. The van der Waals surface area contributed by atoms with Crippen LogP contribution in [0.4, 0.5) is 0 Å². The Labute approximate surface area is 120 Å². The fraction of sp³-hybridized carbons (Fsp3) is 0. The Balaban J connectivity index is 2.29. The molecule has 0 saturated heterocycles. The summed E-state index contributed by atoms with van der Waals surface area (Å²) in [4.78, 5) is 0. The molecule has 3 heteroatoms. The molecule has 0 fully saturated rings. The number of fused-ring (bicyclic) bond motifs is 1. The van der Waals surface area contributed by atoms with Crippen LogP contribution >= 0.6 is 28.6 Å². The van der Waals surface area contributed by atoms with Crippen molar-refractivity contribution in [2.24, 2.45) is 0 Å². The van der Waals surface area contributed by atoms with Gasteiger partial charge in [0.05, 0.1) is 0 Å². The van der Waals surface area contributed by atoms with E-state index in [2.05, 4.69) is 77.2 Å². The SMILES string of the molecule is S=P1(c2ccccc2)C(I)=Cc2ccccc21. The van der Waals surface area contributed by atoms with Gasteiger partial charge in [-0.3, -0.25) is 0 Å². The maximum atomic E-state index is 6.05. The molecule has 1 aliphatic rings. The van der Waals surface area contributed by atoms with Crippen molar-refractivity contribution in [3.63, 3.8) is 0 Å². The van der Waals surface area contributed by atoms with Crippen LogP contribution in [0.3, 0.4) is 0 Å². The summed E-state index contributed by atoms with van der Waals surface area (Å²) in [6.07, 6.45) is 2.24. The molecule has 0 spiro atoms. The molecule has 17 heavy (non-hydrogen) atoms. The third-order valence-corrected chi connectivity index (χ3v) is 11.1. The van der Waals surface area contributed by atoms with Crippen molar-refractivity contribution >= 4 is 57.1 Å². The van der Waals surface area contributed by atoms with Crippen molar-refractivity contribution < 1.29 is 0 Å². The molecule has 1 aliphatic heterocycles. The topological polar surface area (TPSA) is 0 Å². The van der Waals surface area contributed by atoms with Gasteiger partial charge in [0.1, 0.15) is 0 Å².